The van der Waals surface area contributed by atoms with E-state index in [0.717, 1.165) is 32.5 Å². The molecule has 5 nitrogen and oxygen atoms in total. The maximum absolute atomic E-state index is 12.0. The number of rotatable bonds is 4. The molecule has 0 bridgehead atoms. The van der Waals surface area contributed by atoms with Crippen LogP contribution in [0.1, 0.15) is 31.5 Å². The minimum absolute atomic E-state index is 0.104. The Hall–Kier alpha value is -1.33. The monoisotopic (exact) mass is 277 g/mol. The molecule has 3 rings (SSSR count). The smallest absolute Gasteiger partial charge is 0.234 e. The lowest BCUT2D eigenvalue weighted by atomic mass is 10.1. The van der Waals surface area contributed by atoms with Crippen molar-refractivity contribution in [3.05, 3.63) is 24.0 Å². The number of fused-ring (bicyclic) bond motifs is 1. The molecule has 1 aromatic rings. The minimum atomic E-state index is 0.104. The van der Waals surface area contributed by atoms with Gasteiger partial charge >= 0.3 is 0 Å². The second-order valence-corrected chi connectivity index (χ2v) is 5.71. The van der Waals surface area contributed by atoms with Crippen LogP contribution in [0.5, 0.6) is 0 Å². The summed E-state index contributed by atoms with van der Waals surface area (Å²) in [5.41, 5.74) is 1.29. The van der Waals surface area contributed by atoms with Gasteiger partial charge in [-0.2, -0.15) is 0 Å². The van der Waals surface area contributed by atoms with Crippen molar-refractivity contribution in [1.82, 2.24) is 14.8 Å². The van der Waals surface area contributed by atoms with E-state index in [2.05, 4.69) is 40.0 Å². The van der Waals surface area contributed by atoms with Crippen molar-refractivity contribution in [2.24, 2.45) is 0 Å². The quantitative estimate of drug-likeness (QED) is 0.898. The molecule has 1 N–H and O–H groups in total. The van der Waals surface area contributed by atoms with Gasteiger partial charge in [0, 0.05) is 44.2 Å². The standard InChI is InChI=1S/C15H23N3O2/c1-12-14-5-2-6-17(14)7-8-18(12)11-15(19)16-10-13-4-3-9-20-13/h2,5-6,12-13H,3-4,7-11H2,1H3,(H,16,19)/t12-,13-/m0/s1. The second-order valence-electron chi connectivity index (χ2n) is 5.71. The fraction of sp³-hybridized carbons (Fsp3) is 0.667. The molecule has 5 heteroatoms. The first kappa shape index (κ1) is 13.6. The maximum atomic E-state index is 12.0. The van der Waals surface area contributed by atoms with E-state index in [9.17, 15) is 4.79 Å². The van der Waals surface area contributed by atoms with Crippen LogP contribution in [0.3, 0.4) is 0 Å². The van der Waals surface area contributed by atoms with E-state index in [4.69, 9.17) is 4.74 Å². The van der Waals surface area contributed by atoms with Crippen molar-refractivity contribution in [2.45, 2.75) is 38.5 Å². The zero-order valence-corrected chi connectivity index (χ0v) is 12.0. The van der Waals surface area contributed by atoms with Gasteiger partial charge in [-0.15, -0.1) is 0 Å². The SMILES string of the molecule is C[C@H]1c2cccn2CCN1CC(=O)NC[C@@H]1CCCO1. The number of ether oxygens (including phenoxy) is 1. The molecule has 0 unspecified atom stereocenters. The molecule has 20 heavy (non-hydrogen) atoms. The van der Waals surface area contributed by atoms with Crippen molar-refractivity contribution in [1.29, 1.82) is 0 Å². The molecule has 3 heterocycles. The number of carbonyl (C=O) groups is 1. The van der Waals surface area contributed by atoms with E-state index >= 15 is 0 Å². The molecule has 0 spiro atoms. The number of carbonyl (C=O) groups excluding carboxylic acids is 1. The summed E-state index contributed by atoms with van der Waals surface area (Å²) in [5.74, 6) is 0.104. The van der Waals surface area contributed by atoms with Crippen LogP contribution < -0.4 is 5.32 Å². The first-order chi connectivity index (χ1) is 9.74. The number of hydrogen-bond donors (Lipinski definition) is 1. The molecule has 110 valence electrons. The molecule has 2 aliphatic heterocycles. The molecular weight excluding hydrogens is 254 g/mol. The Bertz CT molecular complexity index is 465. The van der Waals surface area contributed by atoms with Crippen LogP contribution in [-0.2, 0) is 16.1 Å². The highest BCUT2D eigenvalue weighted by Gasteiger charge is 2.25. The molecule has 1 aromatic heterocycles. The maximum Gasteiger partial charge on any atom is 0.234 e. The predicted molar refractivity (Wildman–Crippen MR) is 76.4 cm³/mol. The third-order valence-electron chi connectivity index (χ3n) is 4.37. The topological polar surface area (TPSA) is 46.5 Å². The number of nitrogens with one attached hydrogen (secondary N) is 1. The molecule has 0 saturated carbocycles. The molecular formula is C15H23N3O2. The first-order valence-electron chi connectivity index (χ1n) is 7.51. The average molecular weight is 277 g/mol. The summed E-state index contributed by atoms with van der Waals surface area (Å²) in [4.78, 5) is 14.3. The number of amides is 1. The molecule has 1 saturated heterocycles. The van der Waals surface area contributed by atoms with E-state index in [-0.39, 0.29) is 12.0 Å². The summed E-state index contributed by atoms with van der Waals surface area (Å²) >= 11 is 0. The molecule has 2 aliphatic rings. The van der Waals surface area contributed by atoms with Gasteiger partial charge in [-0.1, -0.05) is 0 Å². The van der Waals surface area contributed by atoms with Crippen LogP contribution in [0.2, 0.25) is 0 Å². The van der Waals surface area contributed by atoms with E-state index in [1.54, 1.807) is 0 Å². The Balaban J connectivity index is 1.49. The Labute approximate surface area is 119 Å². The van der Waals surface area contributed by atoms with E-state index in [1.807, 2.05) is 0 Å². The fourth-order valence-electron chi connectivity index (χ4n) is 3.12. The molecule has 0 aliphatic carbocycles. The largest absolute Gasteiger partial charge is 0.376 e. The molecule has 0 radical (unpaired) electrons. The number of hydrogen-bond acceptors (Lipinski definition) is 3. The molecule has 2 atom stereocenters. The van der Waals surface area contributed by atoms with Gasteiger partial charge in [0.15, 0.2) is 0 Å². The Morgan fingerprint density at radius 3 is 3.20 bits per heavy atom. The van der Waals surface area contributed by atoms with Gasteiger partial charge in [0.1, 0.15) is 0 Å². The third kappa shape index (κ3) is 2.88. The second kappa shape index (κ2) is 5.97. The van der Waals surface area contributed by atoms with Gasteiger partial charge < -0.3 is 14.6 Å². The lowest BCUT2D eigenvalue weighted by Crippen LogP contribution is -2.44. The van der Waals surface area contributed by atoms with Crippen molar-refractivity contribution in [2.75, 3.05) is 26.2 Å². The Morgan fingerprint density at radius 1 is 1.50 bits per heavy atom. The van der Waals surface area contributed by atoms with Crippen LogP contribution in [0, 0.1) is 0 Å². The summed E-state index contributed by atoms with van der Waals surface area (Å²) in [6, 6.07) is 4.51. The van der Waals surface area contributed by atoms with Crippen LogP contribution >= 0.6 is 0 Å². The number of aromatic nitrogens is 1. The molecule has 1 fully saturated rings. The van der Waals surface area contributed by atoms with Crippen LogP contribution in [0.4, 0.5) is 0 Å². The molecule has 1 amide bonds. The lowest BCUT2D eigenvalue weighted by Gasteiger charge is -2.34. The van der Waals surface area contributed by atoms with Gasteiger partial charge in [-0.05, 0) is 31.9 Å². The van der Waals surface area contributed by atoms with Crippen molar-refractivity contribution in [3.63, 3.8) is 0 Å². The minimum Gasteiger partial charge on any atom is -0.376 e. The van der Waals surface area contributed by atoms with Crippen LogP contribution in [0.25, 0.3) is 0 Å². The highest BCUT2D eigenvalue weighted by atomic mass is 16.5. The zero-order chi connectivity index (χ0) is 13.9. The summed E-state index contributed by atoms with van der Waals surface area (Å²) in [5, 5.41) is 3.00. The summed E-state index contributed by atoms with van der Waals surface area (Å²) in [6.45, 7) is 6.01. The average Bonchev–Trinajstić information content (AvgIpc) is 3.10. The van der Waals surface area contributed by atoms with Crippen molar-refractivity contribution < 1.29 is 9.53 Å². The van der Waals surface area contributed by atoms with Crippen LogP contribution in [-0.4, -0.2) is 47.7 Å². The fourth-order valence-corrected chi connectivity index (χ4v) is 3.12. The normalized spacial score (nSPS) is 26.4. The van der Waals surface area contributed by atoms with Crippen molar-refractivity contribution in [3.8, 4) is 0 Å². The van der Waals surface area contributed by atoms with E-state index < -0.39 is 0 Å². The highest BCUT2D eigenvalue weighted by molar-refractivity contribution is 5.78. The Kier molecular flexibility index (Phi) is 4.08. The van der Waals surface area contributed by atoms with Gasteiger partial charge in [-0.3, -0.25) is 9.69 Å². The van der Waals surface area contributed by atoms with E-state index in [0.29, 0.717) is 19.1 Å². The van der Waals surface area contributed by atoms with Gasteiger partial charge in [0.25, 0.3) is 0 Å². The van der Waals surface area contributed by atoms with Crippen molar-refractivity contribution >= 4 is 5.91 Å². The van der Waals surface area contributed by atoms with Crippen LogP contribution in [0.15, 0.2) is 18.3 Å². The molecule has 0 aromatic carbocycles. The summed E-state index contributed by atoms with van der Waals surface area (Å²) in [6.07, 6.45) is 4.50. The highest BCUT2D eigenvalue weighted by Crippen LogP contribution is 2.24. The lowest BCUT2D eigenvalue weighted by molar-refractivity contribution is -0.123. The Morgan fingerprint density at radius 2 is 2.40 bits per heavy atom. The first-order valence-corrected chi connectivity index (χ1v) is 7.51. The zero-order valence-electron chi connectivity index (χ0n) is 12.0. The van der Waals surface area contributed by atoms with Gasteiger partial charge in [0.05, 0.1) is 12.6 Å². The summed E-state index contributed by atoms with van der Waals surface area (Å²) in [7, 11) is 0. The third-order valence-corrected chi connectivity index (χ3v) is 4.37. The van der Waals surface area contributed by atoms with E-state index in [1.165, 1.54) is 5.69 Å². The van der Waals surface area contributed by atoms with Gasteiger partial charge in [-0.25, -0.2) is 0 Å². The summed E-state index contributed by atoms with van der Waals surface area (Å²) < 4.78 is 7.79. The number of nitrogens with zero attached hydrogens (tertiary/aromatic N) is 2. The van der Waals surface area contributed by atoms with Gasteiger partial charge in [0.2, 0.25) is 5.91 Å². The predicted octanol–water partition coefficient (Wildman–Crippen LogP) is 1.16.